The molecule has 0 aliphatic carbocycles. The zero-order valence-corrected chi connectivity index (χ0v) is 14.6. The van der Waals surface area contributed by atoms with Crippen LogP contribution in [0, 0.1) is 26.7 Å². The van der Waals surface area contributed by atoms with Gasteiger partial charge in [0.2, 0.25) is 5.95 Å². The zero-order valence-electron chi connectivity index (χ0n) is 14.6. The number of anilines is 2. The molecule has 4 rings (SSSR count). The van der Waals surface area contributed by atoms with Gasteiger partial charge in [0, 0.05) is 43.3 Å². The maximum absolute atomic E-state index is 4.59. The summed E-state index contributed by atoms with van der Waals surface area (Å²) in [4.78, 5) is 22.7. The van der Waals surface area contributed by atoms with E-state index in [-0.39, 0.29) is 0 Å². The van der Waals surface area contributed by atoms with E-state index in [4.69, 9.17) is 0 Å². The van der Waals surface area contributed by atoms with Crippen LogP contribution in [0.1, 0.15) is 29.7 Å². The molecule has 2 aromatic heterocycles. The van der Waals surface area contributed by atoms with Gasteiger partial charge < -0.3 is 9.80 Å². The Bertz CT molecular complexity index is 729. The third kappa shape index (κ3) is 2.60. The van der Waals surface area contributed by atoms with Crippen molar-refractivity contribution in [3.63, 3.8) is 0 Å². The van der Waals surface area contributed by atoms with Crippen molar-refractivity contribution in [1.82, 2.24) is 19.9 Å². The second-order valence-corrected chi connectivity index (χ2v) is 7.01. The fraction of sp³-hybridized carbons (Fsp3) is 0.556. The second-order valence-electron chi connectivity index (χ2n) is 7.01. The molecule has 0 radical (unpaired) electrons. The van der Waals surface area contributed by atoms with Crippen LogP contribution in [0.4, 0.5) is 11.8 Å². The van der Waals surface area contributed by atoms with Gasteiger partial charge in [-0.05, 0) is 45.1 Å². The number of nitrogens with zero attached hydrogens (tertiary/aromatic N) is 6. The second kappa shape index (κ2) is 6.00. The molecule has 126 valence electrons. The summed E-state index contributed by atoms with van der Waals surface area (Å²) >= 11 is 0. The lowest BCUT2D eigenvalue weighted by atomic mass is 9.92. The van der Waals surface area contributed by atoms with E-state index in [9.17, 15) is 0 Å². The van der Waals surface area contributed by atoms with Crippen LogP contribution in [0.2, 0.25) is 0 Å². The fourth-order valence-electron chi connectivity index (χ4n) is 3.95. The predicted molar refractivity (Wildman–Crippen MR) is 94.3 cm³/mol. The molecule has 0 N–H and O–H groups in total. The third-order valence-electron chi connectivity index (χ3n) is 5.49. The van der Waals surface area contributed by atoms with Crippen LogP contribution in [-0.2, 0) is 0 Å². The molecule has 24 heavy (non-hydrogen) atoms. The molecule has 4 heterocycles. The standard InChI is InChI=1S/C18H24N6/c1-12-8-19-18(20-9-12)23-6-4-15-5-7-24(16(15)10-23)17-13(2)14(3)21-11-22-17/h8-9,11,15-16H,4-7,10H2,1-3H3. The van der Waals surface area contributed by atoms with Crippen molar-refractivity contribution in [2.75, 3.05) is 29.4 Å². The molecule has 0 saturated carbocycles. The molecule has 2 unspecified atom stereocenters. The highest BCUT2D eigenvalue weighted by Gasteiger charge is 2.40. The summed E-state index contributed by atoms with van der Waals surface area (Å²) in [6.45, 7) is 9.29. The van der Waals surface area contributed by atoms with Gasteiger partial charge in [-0.1, -0.05) is 0 Å². The largest absolute Gasteiger partial charge is 0.351 e. The van der Waals surface area contributed by atoms with E-state index >= 15 is 0 Å². The van der Waals surface area contributed by atoms with Gasteiger partial charge in [0.25, 0.3) is 0 Å². The topological polar surface area (TPSA) is 58.0 Å². The van der Waals surface area contributed by atoms with Crippen LogP contribution in [0.3, 0.4) is 0 Å². The Morgan fingerprint density at radius 2 is 1.71 bits per heavy atom. The Morgan fingerprint density at radius 3 is 2.50 bits per heavy atom. The maximum Gasteiger partial charge on any atom is 0.225 e. The number of piperidine rings is 1. The van der Waals surface area contributed by atoms with Gasteiger partial charge in [0.1, 0.15) is 12.1 Å². The summed E-state index contributed by atoms with van der Waals surface area (Å²) in [5.41, 5.74) is 3.36. The van der Waals surface area contributed by atoms with Crippen LogP contribution in [0.5, 0.6) is 0 Å². The minimum atomic E-state index is 0.483. The fourth-order valence-corrected chi connectivity index (χ4v) is 3.95. The lowest BCUT2D eigenvalue weighted by molar-refractivity contribution is 0.386. The average molecular weight is 324 g/mol. The summed E-state index contributed by atoms with van der Waals surface area (Å²) in [6.07, 6.45) is 7.93. The van der Waals surface area contributed by atoms with Crippen molar-refractivity contribution in [1.29, 1.82) is 0 Å². The Labute approximate surface area is 143 Å². The first-order valence-electron chi connectivity index (χ1n) is 8.72. The van der Waals surface area contributed by atoms with Gasteiger partial charge in [-0.15, -0.1) is 0 Å². The lowest BCUT2D eigenvalue weighted by Crippen LogP contribution is -2.49. The first-order valence-corrected chi connectivity index (χ1v) is 8.72. The number of hydrogen-bond donors (Lipinski definition) is 0. The van der Waals surface area contributed by atoms with E-state index in [1.807, 2.05) is 19.3 Å². The van der Waals surface area contributed by atoms with Crippen molar-refractivity contribution in [2.24, 2.45) is 5.92 Å². The van der Waals surface area contributed by atoms with Gasteiger partial charge in [-0.25, -0.2) is 19.9 Å². The number of hydrogen-bond acceptors (Lipinski definition) is 6. The third-order valence-corrected chi connectivity index (χ3v) is 5.49. The van der Waals surface area contributed by atoms with Crippen molar-refractivity contribution < 1.29 is 0 Å². The Kier molecular flexibility index (Phi) is 3.82. The number of aryl methyl sites for hydroxylation is 2. The molecule has 2 atom stereocenters. The minimum Gasteiger partial charge on any atom is -0.351 e. The first kappa shape index (κ1) is 15.3. The number of rotatable bonds is 2. The summed E-state index contributed by atoms with van der Waals surface area (Å²) in [6, 6.07) is 0.483. The van der Waals surface area contributed by atoms with Crippen LogP contribution in [-0.4, -0.2) is 45.6 Å². The monoisotopic (exact) mass is 324 g/mol. The summed E-state index contributed by atoms with van der Waals surface area (Å²) in [5.74, 6) is 2.68. The quantitative estimate of drug-likeness (QED) is 0.845. The maximum atomic E-state index is 4.59. The molecule has 2 fully saturated rings. The average Bonchev–Trinajstić information content (AvgIpc) is 3.01. The smallest absolute Gasteiger partial charge is 0.225 e. The van der Waals surface area contributed by atoms with Crippen molar-refractivity contribution in [3.8, 4) is 0 Å². The highest BCUT2D eigenvalue weighted by Crippen LogP contribution is 2.36. The highest BCUT2D eigenvalue weighted by molar-refractivity contribution is 5.50. The van der Waals surface area contributed by atoms with E-state index in [2.05, 4.69) is 43.6 Å². The zero-order chi connectivity index (χ0) is 16.7. The molecule has 2 saturated heterocycles. The molecular formula is C18H24N6. The molecule has 0 aromatic carbocycles. The molecule has 2 aliphatic rings. The summed E-state index contributed by atoms with van der Waals surface area (Å²) in [7, 11) is 0. The molecule has 0 spiro atoms. The summed E-state index contributed by atoms with van der Waals surface area (Å²) < 4.78 is 0. The van der Waals surface area contributed by atoms with Crippen LogP contribution in [0.25, 0.3) is 0 Å². The molecule has 0 bridgehead atoms. The molecule has 2 aromatic rings. The normalized spacial score (nSPS) is 23.5. The van der Waals surface area contributed by atoms with E-state index in [0.717, 1.165) is 48.6 Å². The van der Waals surface area contributed by atoms with Crippen molar-refractivity contribution in [2.45, 2.75) is 39.7 Å². The molecular weight excluding hydrogens is 300 g/mol. The molecule has 0 amide bonds. The van der Waals surface area contributed by atoms with E-state index < -0.39 is 0 Å². The predicted octanol–water partition coefficient (Wildman–Crippen LogP) is 2.30. The first-order chi connectivity index (χ1) is 11.6. The SMILES string of the molecule is Cc1cnc(N2CCC3CCN(c4ncnc(C)c4C)C3C2)nc1. The number of fused-ring (bicyclic) bond motifs is 1. The van der Waals surface area contributed by atoms with Crippen LogP contribution >= 0.6 is 0 Å². The van der Waals surface area contributed by atoms with Crippen LogP contribution < -0.4 is 9.80 Å². The molecule has 6 heteroatoms. The van der Waals surface area contributed by atoms with Crippen LogP contribution in [0.15, 0.2) is 18.7 Å². The lowest BCUT2D eigenvalue weighted by Gasteiger charge is -2.39. The Morgan fingerprint density at radius 1 is 0.958 bits per heavy atom. The van der Waals surface area contributed by atoms with Gasteiger partial charge in [0.15, 0.2) is 0 Å². The van der Waals surface area contributed by atoms with E-state index in [1.54, 1.807) is 6.33 Å². The van der Waals surface area contributed by atoms with E-state index in [1.165, 1.54) is 18.4 Å². The van der Waals surface area contributed by atoms with Gasteiger partial charge >= 0.3 is 0 Å². The summed E-state index contributed by atoms with van der Waals surface area (Å²) in [5, 5.41) is 0. The van der Waals surface area contributed by atoms with Crippen molar-refractivity contribution >= 4 is 11.8 Å². The highest BCUT2D eigenvalue weighted by atomic mass is 15.3. The Hall–Kier alpha value is -2.24. The van der Waals surface area contributed by atoms with E-state index in [0.29, 0.717) is 6.04 Å². The van der Waals surface area contributed by atoms with Crippen molar-refractivity contribution in [3.05, 3.63) is 35.5 Å². The number of aromatic nitrogens is 4. The van der Waals surface area contributed by atoms with Gasteiger partial charge in [0.05, 0.1) is 6.04 Å². The minimum absolute atomic E-state index is 0.483. The van der Waals surface area contributed by atoms with Gasteiger partial charge in [-0.2, -0.15) is 0 Å². The van der Waals surface area contributed by atoms with Gasteiger partial charge in [-0.3, -0.25) is 0 Å². The molecule has 2 aliphatic heterocycles. The Balaban J connectivity index is 1.59. The molecule has 6 nitrogen and oxygen atoms in total.